The molecule has 1 amide bonds. The summed E-state index contributed by atoms with van der Waals surface area (Å²) < 4.78 is 27.6. The molecule has 9 nitrogen and oxygen atoms in total. The Balaban J connectivity index is 1.75. The minimum Gasteiger partial charge on any atom is -0.321 e. The molecule has 2 N–H and O–H groups in total. The fourth-order valence-corrected chi connectivity index (χ4v) is 4.44. The third-order valence-electron chi connectivity index (χ3n) is 3.91. The van der Waals surface area contributed by atoms with Gasteiger partial charge in [0.2, 0.25) is 5.95 Å². The van der Waals surface area contributed by atoms with Gasteiger partial charge in [-0.3, -0.25) is 4.79 Å². The first kappa shape index (κ1) is 23.9. The summed E-state index contributed by atoms with van der Waals surface area (Å²) in [4.78, 5) is 29.1. The Hall–Kier alpha value is -2.76. The number of hydrogen-bond donors (Lipinski definition) is 2. The molecule has 0 aliphatic carbocycles. The number of amides is 1. The first-order chi connectivity index (χ1) is 15.0. The van der Waals surface area contributed by atoms with Crippen LogP contribution in [0, 0.1) is 13.8 Å². The molecule has 3 rings (SSSR count). The van der Waals surface area contributed by atoms with Gasteiger partial charge in [0, 0.05) is 22.3 Å². The van der Waals surface area contributed by atoms with Gasteiger partial charge in [-0.2, -0.15) is 0 Å². The topological polar surface area (TPSA) is 127 Å². The van der Waals surface area contributed by atoms with Gasteiger partial charge in [-0.15, -0.1) is 0 Å². The van der Waals surface area contributed by atoms with Gasteiger partial charge in [0.05, 0.1) is 16.1 Å². The molecule has 2 aromatic heterocycles. The molecule has 0 fully saturated rings. The highest BCUT2D eigenvalue weighted by Gasteiger charge is 2.18. The van der Waals surface area contributed by atoms with Crippen LogP contribution in [0.2, 0.25) is 5.02 Å². The number of anilines is 2. The number of nitrogens with zero attached hydrogens (tertiary/aromatic N) is 4. The van der Waals surface area contributed by atoms with Gasteiger partial charge >= 0.3 is 0 Å². The van der Waals surface area contributed by atoms with Gasteiger partial charge in [0.15, 0.2) is 10.9 Å². The van der Waals surface area contributed by atoms with Crippen molar-refractivity contribution in [3.8, 4) is 0 Å². The molecule has 0 saturated carbocycles. The van der Waals surface area contributed by atoms with Gasteiger partial charge in [-0.1, -0.05) is 37.2 Å². The molecular formula is C20H21ClN6O3S2. The number of hydrogen-bond acceptors (Lipinski definition) is 8. The van der Waals surface area contributed by atoms with Crippen molar-refractivity contribution in [2.75, 3.05) is 10.0 Å². The van der Waals surface area contributed by atoms with E-state index in [1.165, 1.54) is 42.2 Å². The molecule has 32 heavy (non-hydrogen) atoms. The lowest BCUT2D eigenvalue weighted by Gasteiger charge is -2.10. The Morgan fingerprint density at radius 3 is 2.28 bits per heavy atom. The quantitative estimate of drug-likeness (QED) is 0.373. The summed E-state index contributed by atoms with van der Waals surface area (Å²) in [6.45, 7) is 7.47. The van der Waals surface area contributed by atoms with Crippen LogP contribution >= 0.6 is 23.4 Å². The number of carbonyl (C=O) groups is 1. The number of thioether (sulfide) groups is 1. The third-order valence-corrected chi connectivity index (χ3v) is 6.41. The van der Waals surface area contributed by atoms with Crippen LogP contribution in [0.5, 0.6) is 0 Å². The number of aromatic nitrogens is 4. The second kappa shape index (κ2) is 9.80. The van der Waals surface area contributed by atoms with Crippen molar-refractivity contribution in [3.63, 3.8) is 0 Å². The van der Waals surface area contributed by atoms with Gasteiger partial charge in [-0.05, 0) is 44.2 Å². The predicted octanol–water partition coefficient (Wildman–Crippen LogP) is 4.09. The highest BCUT2D eigenvalue weighted by Crippen LogP contribution is 2.23. The standard InChI is InChI=1S/C20H21ClN6O3S2/c1-11(2)31-20-22-10-16(21)17(26-20)18(28)25-14-5-7-15(8-6-14)32(29,30)27-19-23-12(3)9-13(4)24-19/h5-11H,1-4H3,(H,25,28)(H,23,24,27). The van der Waals surface area contributed by atoms with Crippen molar-refractivity contribution in [1.29, 1.82) is 0 Å². The summed E-state index contributed by atoms with van der Waals surface area (Å²) in [5.74, 6) is -0.534. The van der Waals surface area contributed by atoms with Crippen molar-refractivity contribution in [1.82, 2.24) is 19.9 Å². The van der Waals surface area contributed by atoms with Crippen LogP contribution in [0.4, 0.5) is 11.6 Å². The Morgan fingerprint density at radius 2 is 1.69 bits per heavy atom. The zero-order valence-electron chi connectivity index (χ0n) is 17.7. The summed E-state index contributed by atoms with van der Waals surface area (Å²) >= 11 is 7.49. The number of rotatable bonds is 7. The van der Waals surface area contributed by atoms with Crippen LogP contribution in [0.1, 0.15) is 35.7 Å². The Kier molecular flexibility index (Phi) is 7.32. The van der Waals surface area contributed by atoms with E-state index in [4.69, 9.17) is 11.6 Å². The fraction of sp³-hybridized carbons (Fsp3) is 0.250. The zero-order chi connectivity index (χ0) is 23.5. The van der Waals surface area contributed by atoms with Crippen LogP contribution in [0.15, 0.2) is 46.6 Å². The highest BCUT2D eigenvalue weighted by atomic mass is 35.5. The second-order valence-corrected chi connectivity index (χ2v) is 10.7. The lowest BCUT2D eigenvalue weighted by atomic mass is 10.3. The summed E-state index contributed by atoms with van der Waals surface area (Å²) in [5, 5.41) is 3.46. The minimum absolute atomic E-state index is 0.00561. The van der Waals surface area contributed by atoms with Crippen LogP contribution < -0.4 is 10.0 Å². The molecule has 0 unspecified atom stereocenters. The Labute approximate surface area is 195 Å². The molecule has 0 atom stereocenters. The number of halogens is 1. The molecule has 0 bridgehead atoms. The van der Waals surface area contributed by atoms with Crippen LogP contribution in [0.25, 0.3) is 0 Å². The van der Waals surface area contributed by atoms with Crippen LogP contribution in [0.3, 0.4) is 0 Å². The molecule has 0 saturated heterocycles. The summed E-state index contributed by atoms with van der Waals surface area (Å²) in [5.41, 5.74) is 1.71. The molecule has 0 radical (unpaired) electrons. The summed E-state index contributed by atoms with van der Waals surface area (Å²) in [6, 6.07) is 7.40. The van der Waals surface area contributed by atoms with Crippen molar-refractivity contribution >= 4 is 50.9 Å². The third kappa shape index (κ3) is 6.15. The Morgan fingerprint density at radius 1 is 1.06 bits per heavy atom. The van der Waals surface area contributed by atoms with E-state index in [-0.39, 0.29) is 26.8 Å². The molecule has 12 heteroatoms. The smallest absolute Gasteiger partial charge is 0.275 e. The van der Waals surface area contributed by atoms with E-state index in [0.29, 0.717) is 22.2 Å². The molecular weight excluding hydrogens is 472 g/mol. The maximum atomic E-state index is 12.6. The van der Waals surface area contributed by atoms with Gasteiger partial charge in [0.25, 0.3) is 15.9 Å². The van der Waals surface area contributed by atoms with E-state index in [9.17, 15) is 13.2 Å². The van der Waals surface area contributed by atoms with E-state index in [1.54, 1.807) is 19.9 Å². The van der Waals surface area contributed by atoms with E-state index in [2.05, 4.69) is 30.0 Å². The van der Waals surface area contributed by atoms with E-state index < -0.39 is 15.9 Å². The van der Waals surface area contributed by atoms with E-state index in [1.807, 2.05) is 13.8 Å². The average molecular weight is 493 g/mol. The van der Waals surface area contributed by atoms with E-state index >= 15 is 0 Å². The average Bonchev–Trinajstić information content (AvgIpc) is 2.68. The SMILES string of the molecule is Cc1cc(C)nc(NS(=O)(=O)c2ccc(NC(=O)c3nc(SC(C)C)ncc3Cl)cc2)n1. The van der Waals surface area contributed by atoms with Crippen molar-refractivity contribution in [2.24, 2.45) is 0 Å². The summed E-state index contributed by atoms with van der Waals surface area (Å²) in [7, 11) is -3.90. The van der Waals surface area contributed by atoms with Crippen molar-refractivity contribution in [2.45, 2.75) is 43.0 Å². The lowest BCUT2D eigenvalue weighted by molar-refractivity contribution is 0.102. The van der Waals surface area contributed by atoms with Crippen LogP contribution in [-0.2, 0) is 10.0 Å². The monoisotopic (exact) mass is 492 g/mol. The van der Waals surface area contributed by atoms with Gasteiger partial charge in [-0.25, -0.2) is 33.1 Å². The maximum absolute atomic E-state index is 12.6. The molecule has 3 aromatic rings. The molecule has 0 spiro atoms. The largest absolute Gasteiger partial charge is 0.321 e. The van der Waals surface area contributed by atoms with Gasteiger partial charge in [0.1, 0.15) is 0 Å². The molecule has 2 heterocycles. The second-order valence-electron chi connectivity index (χ2n) is 7.07. The first-order valence-corrected chi connectivity index (χ1v) is 12.2. The number of carbonyl (C=O) groups excluding carboxylic acids is 1. The zero-order valence-corrected chi connectivity index (χ0v) is 20.1. The number of aryl methyl sites for hydroxylation is 2. The highest BCUT2D eigenvalue weighted by molar-refractivity contribution is 7.99. The molecule has 1 aromatic carbocycles. The number of nitrogens with one attached hydrogen (secondary N) is 2. The fourth-order valence-electron chi connectivity index (χ4n) is 2.64. The Bertz CT molecular complexity index is 1230. The summed E-state index contributed by atoms with van der Waals surface area (Å²) in [6.07, 6.45) is 1.38. The molecule has 0 aliphatic heterocycles. The predicted molar refractivity (Wildman–Crippen MR) is 125 cm³/mol. The molecule has 0 aliphatic rings. The number of benzene rings is 1. The minimum atomic E-state index is -3.90. The normalized spacial score (nSPS) is 11.4. The van der Waals surface area contributed by atoms with Crippen molar-refractivity contribution in [3.05, 3.63) is 58.6 Å². The van der Waals surface area contributed by atoms with Crippen LogP contribution in [-0.4, -0.2) is 39.5 Å². The van der Waals surface area contributed by atoms with E-state index in [0.717, 1.165) is 0 Å². The number of sulfonamides is 1. The van der Waals surface area contributed by atoms with Gasteiger partial charge < -0.3 is 5.32 Å². The maximum Gasteiger partial charge on any atom is 0.275 e. The molecule has 168 valence electrons. The first-order valence-electron chi connectivity index (χ1n) is 9.49. The lowest BCUT2D eigenvalue weighted by Crippen LogP contribution is -2.17. The van der Waals surface area contributed by atoms with Crippen molar-refractivity contribution < 1.29 is 13.2 Å².